The second-order valence-electron chi connectivity index (χ2n) is 2.55. The SMILES string of the molecule is C=CC(NCC)c1ccncc1. The zero-order chi connectivity index (χ0) is 8.81. The molecule has 12 heavy (non-hydrogen) atoms. The van der Waals surface area contributed by atoms with Crippen LogP contribution in [0.5, 0.6) is 0 Å². The Morgan fingerprint density at radius 3 is 2.75 bits per heavy atom. The molecule has 0 radical (unpaired) electrons. The van der Waals surface area contributed by atoms with Crippen molar-refractivity contribution in [3.05, 3.63) is 42.7 Å². The first kappa shape index (κ1) is 8.94. The second kappa shape index (κ2) is 4.67. The van der Waals surface area contributed by atoms with E-state index >= 15 is 0 Å². The molecule has 1 heterocycles. The van der Waals surface area contributed by atoms with Gasteiger partial charge in [0.1, 0.15) is 0 Å². The first-order chi connectivity index (χ1) is 5.88. The van der Waals surface area contributed by atoms with E-state index in [1.165, 1.54) is 5.56 Å². The molecule has 1 aromatic rings. The Balaban J connectivity index is 2.73. The lowest BCUT2D eigenvalue weighted by molar-refractivity contribution is 0.648. The number of nitrogens with one attached hydrogen (secondary N) is 1. The molecule has 0 bridgehead atoms. The number of nitrogens with zero attached hydrogens (tertiary/aromatic N) is 1. The van der Waals surface area contributed by atoms with E-state index in [2.05, 4.69) is 23.8 Å². The molecule has 1 atom stereocenters. The maximum Gasteiger partial charge on any atom is 0.0504 e. The lowest BCUT2D eigenvalue weighted by Crippen LogP contribution is -2.18. The van der Waals surface area contributed by atoms with Crippen molar-refractivity contribution in [2.24, 2.45) is 0 Å². The Morgan fingerprint density at radius 1 is 1.58 bits per heavy atom. The van der Waals surface area contributed by atoms with Crippen molar-refractivity contribution in [3.8, 4) is 0 Å². The van der Waals surface area contributed by atoms with Gasteiger partial charge in [-0.2, -0.15) is 0 Å². The van der Waals surface area contributed by atoms with E-state index in [4.69, 9.17) is 0 Å². The zero-order valence-corrected chi connectivity index (χ0v) is 7.33. The van der Waals surface area contributed by atoms with Gasteiger partial charge in [0, 0.05) is 12.4 Å². The van der Waals surface area contributed by atoms with E-state index in [1.54, 1.807) is 12.4 Å². The van der Waals surface area contributed by atoms with Gasteiger partial charge >= 0.3 is 0 Å². The predicted octanol–water partition coefficient (Wildman–Crippen LogP) is 1.92. The highest BCUT2D eigenvalue weighted by atomic mass is 14.9. The molecule has 2 heteroatoms. The van der Waals surface area contributed by atoms with E-state index in [9.17, 15) is 0 Å². The Kier molecular flexibility index (Phi) is 3.48. The Bertz CT molecular complexity index is 231. The predicted molar refractivity (Wildman–Crippen MR) is 50.9 cm³/mol. The normalized spacial score (nSPS) is 12.4. The van der Waals surface area contributed by atoms with Crippen molar-refractivity contribution in [3.63, 3.8) is 0 Å². The highest BCUT2D eigenvalue weighted by Gasteiger charge is 2.02. The van der Waals surface area contributed by atoms with Crippen molar-refractivity contribution >= 4 is 0 Å². The van der Waals surface area contributed by atoms with Gasteiger partial charge in [0.15, 0.2) is 0 Å². The van der Waals surface area contributed by atoms with Gasteiger partial charge in [-0.15, -0.1) is 6.58 Å². The van der Waals surface area contributed by atoms with Gasteiger partial charge in [-0.25, -0.2) is 0 Å². The molecule has 0 fully saturated rings. The van der Waals surface area contributed by atoms with Gasteiger partial charge in [0.25, 0.3) is 0 Å². The Morgan fingerprint density at radius 2 is 2.25 bits per heavy atom. The third-order valence-electron chi connectivity index (χ3n) is 1.72. The van der Waals surface area contributed by atoms with Gasteiger partial charge in [-0.3, -0.25) is 4.98 Å². The van der Waals surface area contributed by atoms with E-state index in [-0.39, 0.29) is 6.04 Å². The summed E-state index contributed by atoms with van der Waals surface area (Å²) in [6.07, 6.45) is 5.49. The number of hydrogen-bond donors (Lipinski definition) is 1. The van der Waals surface area contributed by atoms with Crippen LogP contribution >= 0.6 is 0 Å². The number of pyridine rings is 1. The molecule has 2 nitrogen and oxygen atoms in total. The van der Waals surface area contributed by atoms with Crippen LogP contribution in [0.4, 0.5) is 0 Å². The van der Waals surface area contributed by atoms with E-state index in [0.717, 1.165) is 6.54 Å². The minimum Gasteiger partial charge on any atom is -0.307 e. The molecular weight excluding hydrogens is 148 g/mol. The van der Waals surface area contributed by atoms with Gasteiger partial charge < -0.3 is 5.32 Å². The molecule has 1 rings (SSSR count). The van der Waals surface area contributed by atoms with Crippen LogP contribution < -0.4 is 5.32 Å². The average Bonchev–Trinajstić information content (AvgIpc) is 2.15. The summed E-state index contributed by atoms with van der Waals surface area (Å²) in [5.41, 5.74) is 1.21. The topological polar surface area (TPSA) is 24.9 Å². The molecule has 0 aliphatic rings. The van der Waals surface area contributed by atoms with Crippen LogP contribution in [0.25, 0.3) is 0 Å². The quantitative estimate of drug-likeness (QED) is 0.684. The van der Waals surface area contributed by atoms with Crippen molar-refractivity contribution in [1.82, 2.24) is 10.3 Å². The van der Waals surface area contributed by atoms with Gasteiger partial charge in [-0.05, 0) is 24.2 Å². The molecule has 0 aromatic carbocycles. The second-order valence-corrected chi connectivity index (χ2v) is 2.55. The molecule has 1 N–H and O–H groups in total. The van der Waals surface area contributed by atoms with Crippen LogP contribution in [0.15, 0.2) is 37.2 Å². The maximum absolute atomic E-state index is 3.96. The smallest absolute Gasteiger partial charge is 0.0504 e. The summed E-state index contributed by atoms with van der Waals surface area (Å²) in [5.74, 6) is 0. The highest BCUT2D eigenvalue weighted by molar-refractivity contribution is 5.18. The molecule has 64 valence electrons. The molecule has 0 saturated carbocycles. The van der Waals surface area contributed by atoms with Crippen molar-refractivity contribution in [1.29, 1.82) is 0 Å². The molecular formula is C10H14N2. The lowest BCUT2D eigenvalue weighted by atomic mass is 10.1. The van der Waals surface area contributed by atoms with Crippen LogP contribution in [0.1, 0.15) is 18.5 Å². The zero-order valence-electron chi connectivity index (χ0n) is 7.33. The summed E-state index contributed by atoms with van der Waals surface area (Å²) in [4.78, 5) is 3.96. The summed E-state index contributed by atoms with van der Waals surface area (Å²) >= 11 is 0. The Hall–Kier alpha value is -1.15. The van der Waals surface area contributed by atoms with E-state index < -0.39 is 0 Å². The lowest BCUT2D eigenvalue weighted by Gasteiger charge is -2.12. The first-order valence-corrected chi connectivity index (χ1v) is 4.14. The minimum atomic E-state index is 0.248. The standard InChI is InChI=1S/C10H14N2/c1-3-10(12-4-2)9-5-7-11-8-6-9/h3,5-8,10,12H,1,4H2,2H3. The van der Waals surface area contributed by atoms with Crippen LogP contribution in [-0.2, 0) is 0 Å². The average molecular weight is 162 g/mol. The van der Waals surface area contributed by atoms with Crippen LogP contribution in [-0.4, -0.2) is 11.5 Å². The maximum atomic E-state index is 3.96. The number of rotatable bonds is 4. The summed E-state index contributed by atoms with van der Waals surface area (Å²) in [7, 11) is 0. The summed E-state index contributed by atoms with van der Waals surface area (Å²) in [6, 6.07) is 4.24. The molecule has 0 saturated heterocycles. The first-order valence-electron chi connectivity index (χ1n) is 4.14. The number of aromatic nitrogens is 1. The summed E-state index contributed by atoms with van der Waals surface area (Å²) < 4.78 is 0. The van der Waals surface area contributed by atoms with Crippen LogP contribution in [0.2, 0.25) is 0 Å². The van der Waals surface area contributed by atoms with E-state index in [1.807, 2.05) is 18.2 Å². The summed E-state index contributed by atoms with van der Waals surface area (Å²) in [5, 5.41) is 3.30. The van der Waals surface area contributed by atoms with Gasteiger partial charge in [-0.1, -0.05) is 13.0 Å². The Labute approximate surface area is 73.3 Å². The van der Waals surface area contributed by atoms with Crippen LogP contribution in [0, 0.1) is 0 Å². The molecule has 0 aliphatic heterocycles. The van der Waals surface area contributed by atoms with Crippen molar-refractivity contribution < 1.29 is 0 Å². The monoisotopic (exact) mass is 162 g/mol. The highest BCUT2D eigenvalue weighted by Crippen LogP contribution is 2.11. The molecule has 0 spiro atoms. The minimum absolute atomic E-state index is 0.248. The molecule has 0 aliphatic carbocycles. The van der Waals surface area contributed by atoms with Gasteiger partial charge in [0.05, 0.1) is 6.04 Å². The van der Waals surface area contributed by atoms with Crippen molar-refractivity contribution in [2.45, 2.75) is 13.0 Å². The fourth-order valence-electron chi connectivity index (χ4n) is 1.13. The fourth-order valence-corrected chi connectivity index (χ4v) is 1.13. The largest absolute Gasteiger partial charge is 0.307 e. The molecule has 0 amide bonds. The third-order valence-corrected chi connectivity index (χ3v) is 1.72. The van der Waals surface area contributed by atoms with Crippen LogP contribution in [0.3, 0.4) is 0 Å². The number of hydrogen-bond acceptors (Lipinski definition) is 2. The van der Waals surface area contributed by atoms with Gasteiger partial charge in [0.2, 0.25) is 0 Å². The number of likely N-dealkylation sites (N-methyl/N-ethyl adjacent to an activating group) is 1. The van der Waals surface area contributed by atoms with E-state index in [0.29, 0.717) is 0 Å². The third kappa shape index (κ3) is 2.17. The summed E-state index contributed by atoms with van der Waals surface area (Å²) in [6.45, 7) is 6.80. The molecule has 1 unspecified atom stereocenters. The fraction of sp³-hybridized carbons (Fsp3) is 0.300. The molecule has 1 aromatic heterocycles. The van der Waals surface area contributed by atoms with Crippen molar-refractivity contribution in [2.75, 3.05) is 6.54 Å².